The predicted molar refractivity (Wildman–Crippen MR) is 66.5 cm³/mol. The van der Waals surface area contributed by atoms with Gasteiger partial charge in [0.2, 0.25) is 10.0 Å². The van der Waals surface area contributed by atoms with E-state index in [0.29, 0.717) is 6.54 Å². The lowest BCUT2D eigenvalue weighted by Gasteiger charge is -2.06. The lowest BCUT2D eigenvalue weighted by molar-refractivity contribution is 0.412. The van der Waals surface area contributed by atoms with Crippen LogP contribution >= 0.6 is 0 Å². The summed E-state index contributed by atoms with van der Waals surface area (Å²) in [6.07, 6.45) is 1.50. The first-order valence-corrected chi connectivity index (χ1v) is 6.77. The summed E-state index contributed by atoms with van der Waals surface area (Å²) in [5, 5.41) is 6.86. The van der Waals surface area contributed by atoms with E-state index in [4.69, 9.17) is 4.52 Å². The quantitative estimate of drug-likeness (QED) is 0.850. The molecule has 0 aliphatic heterocycles. The molecule has 0 spiro atoms. The van der Waals surface area contributed by atoms with E-state index in [1.54, 1.807) is 18.2 Å². The van der Waals surface area contributed by atoms with E-state index in [-0.39, 0.29) is 4.90 Å². The maximum Gasteiger partial charge on any atom is 0.240 e. The molecule has 0 saturated carbocycles. The highest BCUT2D eigenvalue weighted by Gasteiger charge is 2.10. The van der Waals surface area contributed by atoms with E-state index in [2.05, 4.69) is 15.2 Å². The van der Waals surface area contributed by atoms with Gasteiger partial charge in [-0.15, -0.1) is 0 Å². The van der Waals surface area contributed by atoms with Crippen LogP contribution in [-0.2, 0) is 16.6 Å². The smallest absolute Gasteiger partial charge is 0.240 e. The van der Waals surface area contributed by atoms with Crippen molar-refractivity contribution in [3.63, 3.8) is 0 Å². The molecule has 0 unspecified atom stereocenters. The van der Waals surface area contributed by atoms with Crippen LogP contribution < -0.4 is 10.0 Å². The topological polar surface area (TPSA) is 84.2 Å². The molecule has 2 rings (SSSR count). The molecule has 0 aliphatic rings. The van der Waals surface area contributed by atoms with Crippen LogP contribution in [0.2, 0.25) is 0 Å². The average Bonchev–Trinajstić information content (AvgIpc) is 2.90. The third kappa shape index (κ3) is 2.88. The molecule has 0 amide bonds. The lowest BCUT2D eigenvalue weighted by Crippen LogP contribution is -2.18. The molecular formula is C11H13N3O3S. The fourth-order valence-corrected chi connectivity index (χ4v) is 2.12. The van der Waals surface area contributed by atoms with Crippen molar-refractivity contribution < 1.29 is 12.9 Å². The van der Waals surface area contributed by atoms with Crippen molar-refractivity contribution in [3.8, 4) is 0 Å². The van der Waals surface area contributed by atoms with Gasteiger partial charge in [-0.2, -0.15) is 0 Å². The highest BCUT2D eigenvalue weighted by molar-refractivity contribution is 7.89. The molecule has 0 atom stereocenters. The van der Waals surface area contributed by atoms with Gasteiger partial charge >= 0.3 is 0 Å². The van der Waals surface area contributed by atoms with Crippen LogP contribution in [0.25, 0.3) is 0 Å². The van der Waals surface area contributed by atoms with Gasteiger partial charge in [-0.25, -0.2) is 13.1 Å². The van der Waals surface area contributed by atoms with E-state index in [9.17, 15) is 8.42 Å². The van der Waals surface area contributed by atoms with Gasteiger partial charge in [-0.05, 0) is 31.3 Å². The predicted octanol–water partition coefficient (Wildman–Crippen LogP) is 1.19. The van der Waals surface area contributed by atoms with Gasteiger partial charge < -0.3 is 9.84 Å². The number of nitrogens with zero attached hydrogens (tertiary/aromatic N) is 1. The van der Waals surface area contributed by atoms with Crippen LogP contribution in [0.15, 0.2) is 46.0 Å². The first kappa shape index (κ1) is 12.6. The number of aromatic nitrogens is 1. The Labute approximate surface area is 105 Å². The number of rotatable bonds is 5. The maximum atomic E-state index is 11.5. The summed E-state index contributed by atoms with van der Waals surface area (Å²) < 4.78 is 30.0. The Balaban J connectivity index is 2.04. The number of anilines is 1. The van der Waals surface area contributed by atoms with Gasteiger partial charge in [0.15, 0.2) is 0 Å². The van der Waals surface area contributed by atoms with Crippen LogP contribution in [0.3, 0.4) is 0 Å². The summed E-state index contributed by atoms with van der Waals surface area (Å²) in [6.45, 7) is 0.522. The minimum atomic E-state index is -3.38. The van der Waals surface area contributed by atoms with Crippen LogP contribution in [0.1, 0.15) is 5.69 Å². The Bertz CT molecular complexity index is 591. The van der Waals surface area contributed by atoms with Gasteiger partial charge in [-0.3, -0.25) is 0 Å². The van der Waals surface area contributed by atoms with Gasteiger partial charge in [-0.1, -0.05) is 5.16 Å². The number of nitrogens with one attached hydrogen (secondary N) is 2. The molecule has 0 bridgehead atoms. The van der Waals surface area contributed by atoms with Crippen molar-refractivity contribution in [1.29, 1.82) is 0 Å². The molecule has 0 fully saturated rings. The van der Waals surface area contributed by atoms with E-state index >= 15 is 0 Å². The largest absolute Gasteiger partial charge is 0.379 e. The lowest BCUT2D eigenvalue weighted by atomic mass is 10.3. The fraction of sp³-hybridized carbons (Fsp3) is 0.182. The van der Waals surface area contributed by atoms with Gasteiger partial charge in [0.25, 0.3) is 0 Å². The van der Waals surface area contributed by atoms with E-state index in [0.717, 1.165) is 11.4 Å². The average molecular weight is 267 g/mol. The Morgan fingerprint density at radius 3 is 2.50 bits per heavy atom. The van der Waals surface area contributed by atoms with E-state index < -0.39 is 10.0 Å². The first-order valence-electron chi connectivity index (χ1n) is 5.28. The highest BCUT2D eigenvalue weighted by Crippen LogP contribution is 2.14. The number of sulfonamides is 1. The zero-order valence-corrected chi connectivity index (χ0v) is 10.6. The van der Waals surface area contributed by atoms with E-state index in [1.807, 2.05) is 0 Å². The molecule has 96 valence electrons. The molecule has 1 heterocycles. The molecule has 7 heteroatoms. The standard InChI is InChI=1S/C11H13N3O3S/c1-12-18(15,16)11-4-2-9(3-5-11)13-8-10-6-7-17-14-10/h2-7,12-13H,8H2,1H3. The fourth-order valence-electron chi connectivity index (χ4n) is 1.39. The van der Waals surface area contributed by atoms with Crippen LogP contribution in [0.4, 0.5) is 5.69 Å². The normalized spacial score (nSPS) is 11.4. The summed E-state index contributed by atoms with van der Waals surface area (Å²) in [7, 11) is -2.00. The molecule has 1 aromatic carbocycles. The van der Waals surface area contributed by atoms with Gasteiger partial charge in [0, 0.05) is 11.8 Å². The van der Waals surface area contributed by atoms with Gasteiger partial charge in [0.05, 0.1) is 11.4 Å². The second-order valence-corrected chi connectivity index (χ2v) is 5.46. The molecule has 6 nitrogen and oxygen atoms in total. The highest BCUT2D eigenvalue weighted by atomic mass is 32.2. The molecule has 2 aromatic rings. The van der Waals surface area contributed by atoms with Crippen molar-refractivity contribution in [2.75, 3.05) is 12.4 Å². The number of hydrogen-bond donors (Lipinski definition) is 2. The second-order valence-electron chi connectivity index (χ2n) is 3.58. The Kier molecular flexibility index (Phi) is 3.63. The summed E-state index contributed by atoms with van der Waals surface area (Å²) >= 11 is 0. The van der Waals surface area contributed by atoms with Crippen molar-refractivity contribution in [2.45, 2.75) is 11.4 Å². The van der Waals surface area contributed by atoms with E-state index in [1.165, 1.54) is 25.4 Å². The summed E-state index contributed by atoms with van der Waals surface area (Å²) in [5.41, 5.74) is 1.59. The minimum Gasteiger partial charge on any atom is -0.379 e. The monoisotopic (exact) mass is 267 g/mol. The molecule has 1 aromatic heterocycles. The third-order valence-electron chi connectivity index (χ3n) is 2.40. The second kappa shape index (κ2) is 5.19. The Morgan fingerprint density at radius 1 is 1.22 bits per heavy atom. The summed E-state index contributed by atoms with van der Waals surface area (Å²) in [5.74, 6) is 0. The third-order valence-corrected chi connectivity index (χ3v) is 3.83. The first-order chi connectivity index (χ1) is 8.62. The molecule has 2 N–H and O–H groups in total. The molecule has 18 heavy (non-hydrogen) atoms. The molecule has 0 aliphatic carbocycles. The summed E-state index contributed by atoms with van der Waals surface area (Å²) in [4.78, 5) is 0.233. The SMILES string of the molecule is CNS(=O)(=O)c1ccc(NCc2ccon2)cc1. The van der Waals surface area contributed by atoms with Crippen molar-refractivity contribution in [2.24, 2.45) is 0 Å². The minimum absolute atomic E-state index is 0.233. The summed E-state index contributed by atoms with van der Waals surface area (Å²) in [6, 6.07) is 8.23. The Morgan fingerprint density at radius 2 is 1.94 bits per heavy atom. The number of benzene rings is 1. The van der Waals surface area contributed by atoms with Gasteiger partial charge in [0.1, 0.15) is 12.0 Å². The molecule has 0 radical (unpaired) electrons. The Hall–Kier alpha value is -1.86. The maximum absolute atomic E-state index is 11.5. The molecule has 0 saturated heterocycles. The number of hydrogen-bond acceptors (Lipinski definition) is 5. The van der Waals surface area contributed by atoms with Crippen molar-refractivity contribution in [3.05, 3.63) is 42.3 Å². The zero-order chi connectivity index (χ0) is 13.0. The van der Waals surface area contributed by atoms with Crippen molar-refractivity contribution in [1.82, 2.24) is 9.88 Å². The van der Waals surface area contributed by atoms with Crippen LogP contribution in [-0.4, -0.2) is 20.6 Å². The van der Waals surface area contributed by atoms with Crippen molar-refractivity contribution >= 4 is 15.7 Å². The van der Waals surface area contributed by atoms with Crippen LogP contribution in [0.5, 0.6) is 0 Å². The van der Waals surface area contributed by atoms with Crippen LogP contribution in [0, 0.1) is 0 Å². The molecular weight excluding hydrogens is 254 g/mol. The zero-order valence-electron chi connectivity index (χ0n) is 9.75.